The zero-order chi connectivity index (χ0) is 17.9. The maximum atomic E-state index is 12.6. The number of nitrogen functional groups attached to an aromatic ring is 2. The Balaban J connectivity index is 2.15. The molecule has 0 saturated heterocycles. The third kappa shape index (κ3) is 4.38. The quantitative estimate of drug-likeness (QED) is 0.567. The third-order valence-electron chi connectivity index (χ3n) is 3.57. The second-order valence-electron chi connectivity index (χ2n) is 5.94. The molecule has 2 rings (SSSR count). The summed E-state index contributed by atoms with van der Waals surface area (Å²) in [6.07, 6.45) is 0. The molecular weight excluding hydrogens is 322 g/mol. The Morgan fingerprint density at radius 1 is 1.17 bits per heavy atom. The molecule has 128 valence electrons. The van der Waals surface area contributed by atoms with Gasteiger partial charge in [-0.25, -0.2) is 9.97 Å². The molecule has 1 heterocycles. The van der Waals surface area contributed by atoms with Gasteiger partial charge in [0.2, 0.25) is 5.91 Å². The molecule has 1 atom stereocenters. The fourth-order valence-electron chi connectivity index (χ4n) is 2.29. The Kier molecular flexibility index (Phi) is 5.66. The summed E-state index contributed by atoms with van der Waals surface area (Å²) in [5, 5.41) is 3.04. The highest BCUT2D eigenvalue weighted by atomic mass is 32.2. The van der Waals surface area contributed by atoms with Crippen LogP contribution >= 0.6 is 11.8 Å². The van der Waals surface area contributed by atoms with Crippen LogP contribution in [0, 0.1) is 6.92 Å². The average Bonchev–Trinajstić information content (AvgIpc) is 2.47. The Labute approximate surface area is 146 Å². The van der Waals surface area contributed by atoms with Crippen molar-refractivity contribution in [3.63, 3.8) is 0 Å². The van der Waals surface area contributed by atoms with Gasteiger partial charge in [-0.05, 0) is 30.9 Å². The summed E-state index contributed by atoms with van der Waals surface area (Å²) in [6, 6.07) is 7.51. The number of nitrogens with two attached hydrogens (primary N) is 2. The van der Waals surface area contributed by atoms with Gasteiger partial charge in [-0.2, -0.15) is 0 Å². The molecule has 1 aromatic heterocycles. The van der Waals surface area contributed by atoms with E-state index in [1.54, 1.807) is 6.92 Å². The number of rotatable bonds is 5. The normalized spacial score (nSPS) is 12.2. The molecule has 1 amide bonds. The van der Waals surface area contributed by atoms with E-state index in [2.05, 4.69) is 29.1 Å². The highest BCUT2D eigenvalue weighted by Crippen LogP contribution is 2.29. The summed E-state index contributed by atoms with van der Waals surface area (Å²) in [5.74, 6) is 0.790. The van der Waals surface area contributed by atoms with Crippen molar-refractivity contribution in [2.24, 2.45) is 0 Å². The van der Waals surface area contributed by atoms with Gasteiger partial charge in [0.15, 0.2) is 5.16 Å². The van der Waals surface area contributed by atoms with E-state index in [1.165, 1.54) is 17.8 Å². The van der Waals surface area contributed by atoms with Crippen molar-refractivity contribution in [3.8, 4) is 0 Å². The number of aromatic nitrogens is 2. The number of nitrogens with zero attached hydrogens (tertiary/aromatic N) is 2. The lowest BCUT2D eigenvalue weighted by atomic mass is 9.98. The van der Waals surface area contributed by atoms with Gasteiger partial charge in [0.25, 0.3) is 0 Å². The van der Waals surface area contributed by atoms with Crippen molar-refractivity contribution in [2.75, 3.05) is 16.8 Å². The number of carbonyl (C=O) groups is 1. The van der Waals surface area contributed by atoms with Crippen molar-refractivity contribution >= 4 is 35.0 Å². The second kappa shape index (κ2) is 7.53. The molecule has 1 aromatic carbocycles. The largest absolute Gasteiger partial charge is 0.383 e. The van der Waals surface area contributed by atoms with E-state index >= 15 is 0 Å². The van der Waals surface area contributed by atoms with Crippen molar-refractivity contribution in [3.05, 3.63) is 35.4 Å². The van der Waals surface area contributed by atoms with Crippen LogP contribution in [0.15, 0.2) is 29.4 Å². The molecule has 0 fully saturated rings. The summed E-state index contributed by atoms with van der Waals surface area (Å²) in [7, 11) is 0. The van der Waals surface area contributed by atoms with E-state index in [1.807, 2.05) is 25.1 Å². The van der Waals surface area contributed by atoms with Crippen molar-refractivity contribution in [1.29, 1.82) is 0 Å². The van der Waals surface area contributed by atoms with Crippen LogP contribution in [0.3, 0.4) is 0 Å². The number of aryl methyl sites for hydroxylation is 1. The first kappa shape index (κ1) is 18.1. The number of nitrogens with one attached hydrogen (secondary N) is 1. The molecule has 0 aliphatic heterocycles. The summed E-state index contributed by atoms with van der Waals surface area (Å²) in [4.78, 5) is 20.8. The molecule has 24 heavy (non-hydrogen) atoms. The van der Waals surface area contributed by atoms with Crippen LogP contribution in [-0.2, 0) is 4.79 Å². The maximum Gasteiger partial charge on any atom is 0.237 e. The van der Waals surface area contributed by atoms with Crippen molar-refractivity contribution in [2.45, 2.75) is 44.0 Å². The van der Waals surface area contributed by atoms with Gasteiger partial charge in [0.1, 0.15) is 11.6 Å². The lowest BCUT2D eigenvalue weighted by molar-refractivity contribution is -0.115. The zero-order valence-electron chi connectivity index (χ0n) is 14.3. The van der Waals surface area contributed by atoms with Gasteiger partial charge < -0.3 is 16.8 Å². The smallest absolute Gasteiger partial charge is 0.237 e. The lowest BCUT2D eigenvalue weighted by Crippen LogP contribution is -2.24. The molecule has 0 unspecified atom stereocenters. The number of para-hydroxylation sites is 1. The monoisotopic (exact) mass is 345 g/mol. The van der Waals surface area contributed by atoms with E-state index in [-0.39, 0.29) is 11.2 Å². The highest BCUT2D eigenvalue weighted by Gasteiger charge is 2.19. The van der Waals surface area contributed by atoms with E-state index in [4.69, 9.17) is 11.5 Å². The number of hydrogen-bond donors (Lipinski definition) is 3. The standard InChI is InChI=1S/C17H23N5OS/c1-9(2)12-7-5-6-10(3)15(12)22-16(23)11(4)24-17-20-13(18)8-14(19)21-17/h5-9,11H,1-4H3,(H,22,23)(H4,18,19,20,21)/t11-/m1/s1. The summed E-state index contributed by atoms with van der Waals surface area (Å²) < 4.78 is 0. The second-order valence-corrected chi connectivity index (χ2v) is 7.25. The molecule has 0 aliphatic rings. The van der Waals surface area contributed by atoms with Gasteiger partial charge in [-0.1, -0.05) is 43.8 Å². The van der Waals surface area contributed by atoms with E-state index < -0.39 is 0 Å². The van der Waals surface area contributed by atoms with Crippen molar-refractivity contribution < 1.29 is 4.79 Å². The molecule has 0 radical (unpaired) electrons. The number of benzene rings is 1. The van der Waals surface area contributed by atoms with E-state index in [0.717, 1.165) is 16.8 Å². The Bertz CT molecular complexity index is 728. The van der Waals surface area contributed by atoms with Crippen LogP contribution in [0.5, 0.6) is 0 Å². The number of hydrogen-bond acceptors (Lipinski definition) is 6. The molecular formula is C17H23N5OS. The predicted octanol–water partition coefficient (Wildman–Crippen LogP) is 3.19. The van der Waals surface area contributed by atoms with Gasteiger partial charge in [0, 0.05) is 11.8 Å². The van der Waals surface area contributed by atoms with Crippen LogP contribution in [0.2, 0.25) is 0 Å². The van der Waals surface area contributed by atoms with Crippen molar-refractivity contribution in [1.82, 2.24) is 9.97 Å². The fraction of sp³-hybridized carbons (Fsp3) is 0.353. The van der Waals surface area contributed by atoms with Crippen LogP contribution in [0.25, 0.3) is 0 Å². The van der Waals surface area contributed by atoms with Crippen LogP contribution in [0.4, 0.5) is 17.3 Å². The molecule has 0 saturated carbocycles. The van der Waals surface area contributed by atoms with Gasteiger partial charge in [-0.15, -0.1) is 0 Å². The first-order valence-electron chi connectivity index (χ1n) is 7.75. The number of thioether (sulfide) groups is 1. The predicted molar refractivity (Wildman–Crippen MR) is 100 cm³/mol. The Morgan fingerprint density at radius 2 is 1.79 bits per heavy atom. The molecule has 2 aromatic rings. The highest BCUT2D eigenvalue weighted by molar-refractivity contribution is 8.00. The fourth-order valence-corrected chi connectivity index (χ4v) is 3.09. The Morgan fingerprint density at radius 3 is 2.38 bits per heavy atom. The first-order chi connectivity index (χ1) is 11.3. The zero-order valence-corrected chi connectivity index (χ0v) is 15.1. The van der Waals surface area contributed by atoms with E-state index in [0.29, 0.717) is 22.7 Å². The SMILES string of the molecule is Cc1cccc(C(C)C)c1NC(=O)[C@@H](C)Sc1nc(N)cc(N)n1. The van der Waals surface area contributed by atoms with E-state index in [9.17, 15) is 4.79 Å². The summed E-state index contributed by atoms with van der Waals surface area (Å²) in [6.45, 7) is 8.00. The van der Waals surface area contributed by atoms with Crippen LogP contribution in [-0.4, -0.2) is 21.1 Å². The molecule has 6 nitrogen and oxygen atoms in total. The number of amides is 1. The summed E-state index contributed by atoms with van der Waals surface area (Å²) in [5.41, 5.74) is 14.4. The maximum absolute atomic E-state index is 12.6. The van der Waals surface area contributed by atoms with Gasteiger partial charge in [0.05, 0.1) is 5.25 Å². The molecule has 7 heteroatoms. The minimum atomic E-state index is -0.384. The van der Waals surface area contributed by atoms with Crippen LogP contribution < -0.4 is 16.8 Å². The molecule has 0 bridgehead atoms. The minimum absolute atomic E-state index is 0.110. The van der Waals surface area contributed by atoms with Gasteiger partial charge >= 0.3 is 0 Å². The topological polar surface area (TPSA) is 107 Å². The Hall–Kier alpha value is -2.28. The van der Waals surface area contributed by atoms with Crippen LogP contribution in [0.1, 0.15) is 37.8 Å². The third-order valence-corrected chi connectivity index (χ3v) is 4.53. The minimum Gasteiger partial charge on any atom is -0.383 e. The average molecular weight is 345 g/mol. The van der Waals surface area contributed by atoms with Gasteiger partial charge in [-0.3, -0.25) is 4.79 Å². The molecule has 0 aliphatic carbocycles. The molecule has 0 spiro atoms. The number of carbonyl (C=O) groups excluding carboxylic acids is 1. The summed E-state index contributed by atoms with van der Waals surface area (Å²) >= 11 is 1.23. The lowest BCUT2D eigenvalue weighted by Gasteiger charge is -2.18. The molecule has 5 N–H and O–H groups in total. The first-order valence-corrected chi connectivity index (χ1v) is 8.63. The number of anilines is 3.